The molecule has 0 aliphatic rings. The molecule has 0 aliphatic carbocycles. The van der Waals surface area contributed by atoms with Crippen LogP contribution in [0.4, 0.5) is 17.6 Å². The molecule has 1 nitrogen and oxygen atoms in total. The number of carbonyl (C=O) groups is 1. The minimum Gasteiger partial charge on any atom is -0.278 e. The first-order valence-corrected chi connectivity index (χ1v) is 4.21. The van der Waals surface area contributed by atoms with Crippen molar-refractivity contribution in [1.82, 2.24) is 0 Å². The van der Waals surface area contributed by atoms with Gasteiger partial charge in [0.15, 0.2) is 6.17 Å². The molecule has 15 heavy (non-hydrogen) atoms. The Morgan fingerprint density at radius 1 is 1.27 bits per heavy atom. The van der Waals surface area contributed by atoms with Gasteiger partial charge in [0.25, 0.3) is 5.24 Å². The smallest absolute Gasteiger partial charge is 0.278 e. The molecule has 0 N–H and O–H groups in total. The maximum Gasteiger partial charge on any atom is 0.416 e. The van der Waals surface area contributed by atoms with Crippen LogP contribution in [0.5, 0.6) is 0 Å². The van der Waals surface area contributed by atoms with E-state index in [4.69, 9.17) is 11.6 Å². The van der Waals surface area contributed by atoms with Crippen molar-refractivity contribution in [2.75, 3.05) is 0 Å². The van der Waals surface area contributed by atoms with Gasteiger partial charge in [-0.15, -0.1) is 0 Å². The molecule has 0 amide bonds. The minimum absolute atomic E-state index is 0.696. The molecule has 0 fully saturated rings. The molecule has 6 heteroatoms. The van der Waals surface area contributed by atoms with E-state index in [2.05, 4.69) is 0 Å². The van der Waals surface area contributed by atoms with Crippen LogP contribution < -0.4 is 0 Å². The van der Waals surface area contributed by atoms with Gasteiger partial charge in [-0.25, -0.2) is 4.39 Å². The van der Waals surface area contributed by atoms with Crippen molar-refractivity contribution >= 4 is 16.8 Å². The lowest BCUT2D eigenvalue weighted by atomic mass is 10.0. The summed E-state index contributed by atoms with van der Waals surface area (Å²) in [5.74, 6) is 0. The van der Waals surface area contributed by atoms with Gasteiger partial charge in [0.1, 0.15) is 0 Å². The maximum atomic E-state index is 13.1. The molecule has 1 unspecified atom stereocenters. The van der Waals surface area contributed by atoms with Crippen LogP contribution in [-0.4, -0.2) is 5.24 Å². The van der Waals surface area contributed by atoms with Gasteiger partial charge >= 0.3 is 6.18 Å². The summed E-state index contributed by atoms with van der Waals surface area (Å²) in [5.41, 5.74) is -1.95. The van der Waals surface area contributed by atoms with Gasteiger partial charge < -0.3 is 0 Å². The Balaban J connectivity index is 3.24. The summed E-state index contributed by atoms with van der Waals surface area (Å²) in [6.07, 6.45) is -7.16. The minimum atomic E-state index is -4.70. The Morgan fingerprint density at radius 3 is 2.27 bits per heavy atom. The van der Waals surface area contributed by atoms with Crippen LogP contribution in [-0.2, 0) is 11.0 Å². The summed E-state index contributed by atoms with van der Waals surface area (Å²) in [5, 5.41) is -1.47. The van der Waals surface area contributed by atoms with E-state index in [1.165, 1.54) is 6.07 Å². The van der Waals surface area contributed by atoms with Gasteiger partial charge in [0.2, 0.25) is 0 Å². The molecule has 0 saturated heterocycles. The lowest BCUT2D eigenvalue weighted by Crippen LogP contribution is -2.12. The van der Waals surface area contributed by atoms with Crippen molar-refractivity contribution in [2.24, 2.45) is 0 Å². The fourth-order valence-corrected chi connectivity index (χ4v) is 1.22. The highest BCUT2D eigenvalue weighted by Gasteiger charge is 2.36. The monoisotopic (exact) mass is 240 g/mol. The standard InChI is InChI=1S/C9H5ClF4O/c10-8(15)7(11)5-3-1-2-4-6(5)9(12,13)14/h1-4,7H. The molecule has 82 valence electrons. The molecule has 1 aromatic rings. The zero-order valence-corrected chi connectivity index (χ0v) is 7.94. The third-order valence-electron chi connectivity index (χ3n) is 1.74. The summed E-state index contributed by atoms with van der Waals surface area (Å²) >= 11 is 4.80. The van der Waals surface area contributed by atoms with Gasteiger partial charge in [0, 0.05) is 5.56 Å². The van der Waals surface area contributed by atoms with Crippen LogP contribution in [0, 0.1) is 0 Å². The zero-order chi connectivity index (χ0) is 11.6. The predicted molar refractivity (Wildman–Crippen MR) is 46.2 cm³/mol. The van der Waals surface area contributed by atoms with Crippen molar-refractivity contribution in [3.05, 3.63) is 35.4 Å². The van der Waals surface area contributed by atoms with Gasteiger partial charge in [-0.05, 0) is 17.7 Å². The average Bonchev–Trinajstić information content (AvgIpc) is 2.15. The van der Waals surface area contributed by atoms with Crippen molar-refractivity contribution in [3.63, 3.8) is 0 Å². The molecule has 0 radical (unpaired) electrons. The summed E-state index contributed by atoms with van der Waals surface area (Å²) in [4.78, 5) is 10.4. The van der Waals surface area contributed by atoms with E-state index in [1.807, 2.05) is 0 Å². The summed E-state index contributed by atoms with van der Waals surface area (Å²) in [6, 6.07) is 3.89. The van der Waals surface area contributed by atoms with Crippen LogP contribution in [0.15, 0.2) is 24.3 Å². The molecule has 1 atom stereocenters. The van der Waals surface area contributed by atoms with Crippen LogP contribution in [0.1, 0.15) is 17.3 Å². The second-order valence-corrected chi connectivity index (χ2v) is 3.12. The molecule has 0 saturated carbocycles. The quantitative estimate of drug-likeness (QED) is 0.571. The summed E-state index contributed by atoms with van der Waals surface area (Å²) in [7, 11) is 0. The topological polar surface area (TPSA) is 17.1 Å². The second-order valence-electron chi connectivity index (χ2n) is 2.75. The van der Waals surface area contributed by atoms with Crippen LogP contribution in [0.25, 0.3) is 0 Å². The molecule has 0 spiro atoms. The van der Waals surface area contributed by atoms with E-state index in [-0.39, 0.29) is 0 Å². The Morgan fingerprint density at radius 2 is 1.80 bits per heavy atom. The largest absolute Gasteiger partial charge is 0.416 e. The summed E-state index contributed by atoms with van der Waals surface area (Å²) in [6.45, 7) is 0. The predicted octanol–water partition coefficient (Wildman–Crippen LogP) is 3.48. The molecular weight excluding hydrogens is 236 g/mol. The molecular formula is C9H5ClF4O. The third-order valence-corrected chi connectivity index (χ3v) is 1.93. The van der Waals surface area contributed by atoms with E-state index in [0.717, 1.165) is 12.1 Å². The van der Waals surface area contributed by atoms with Gasteiger partial charge in [0.05, 0.1) is 5.56 Å². The molecule has 1 rings (SSSR count). The zero-order valence-electron chi connectivity index (χ0n) is 7.18. The van der Waals surface area contributed by atoms with E-state index < -0.39 is 28.7 Å². The number of hydrogen-bond donors (Lipinski definition) is 0. The van der Waals surface area contributed by atoms with Crippen molar-refractivity contribution in [2.45, 2.75) is 12.3 Å². The highest BCUT2D eigenvalue weighted by atomic mass is 35.5. The van der Waals surface area contributed by atoms with E-state index >= 15 is 0 Å². The van der Waals surface area contributed by atoms with Gasteiger partial charge in [-0.1, -0.05) is 18.2 Å². The number of benzene rings is 1. The Bertz CT molecular complexity index is 375. The molecule has 0 bridgehead atoms. The van der Waals surface area contributed by atoms with Crippen molar-refractivity contribution in [3.8, 4) is 0 Å². The third kappa shape index (κ3) is 2.68. The fourth-order valence-electron chi connectivity index (χ4n) is 1.10. The molecule has 1 aromatic carbocycles. The summed E-state index contributed by atoms with van der Waals surface area (Å²) < 4.78 is 50.1. The number of halogens is 5. The number of hydrogen-bond acceptors (Lipinski definition) is 1. The molecule has 0 heterocycles. The van der Waals surface area contributed by atoms with Crippen molar-refractivity contribution < 1.29 is 22.4 Å². The SMILES string of the molecule is O=C(Cl)C(F)c1ccccc1C(F)(F)F. The average molecular weight is 241 g/mol. The van der Waals surface area contributed by atoms with Crippen molar-refractivity contribution in [1.29, 1.82) is 0 Å². The second kappa shape index (κ2) is 4.18. The Kier molecular flexibility index (Phi) is 3.34. The van der Waals surface area contributed by atoms with E-state index in [9.17, 15) is 22.4 Å². The first-order chi connectivity index (χ1) is 6.84. The number of rotatable bonds is 2. The lowest BCUT2D eigenvalue weighted by molar-refractivity contribution is -0.139. The normalized spacial score (nSPS) is 13.7. The van der Waals surface area contributed by atoms with Crippen LogP contribution in [0.2, 0.25) is 0 Å². The highest BCUT2D eigenvalue weighted by Crippen LogP contribution is 2.36. The van der Waals surface area contributed by atoms with Gasteiger partial charge in [-0.2, -0.15) is 13.2 Å². The van der Waals surface area contributed by atoms with Crippen LogP contribution in [0.3, 0.4) is 0 Å². The Labute approximate surface area is 87.7 Å². The van der Waals surface area contributed by atoms with Gasteiger partial charge in [-0.3, -0.25) is 4.79 Å². The lowest BCUT2D eigenvalue weighted by Gasteiger charge is -2.13. The first kappa shape index (κ1) is 12.0. The first-order valence-electron chi connectivity index (χ1n) is 3.83. The fraction of sp³-hybridized carbons (Fsp3) is 0.222. The maximum absolute atomic E-state index is 13.1. The Hall–Kier alpha value is -1.10. The number of alkyl halides is 4. The van der Waals surface area contributed by atoms with E-state index in [1.54, 1.807) is 0 Å². The number of carbonyl (C=O) groups excluding carboxylic acids is 1. The highest BCUT2D eigenvalue weighted by molar-refractivity contribution is 6.64. The van der Waals surface area contributed by atoms with Crippen LogP contribution >= 0.6 is 11.6 Å². The molecule has 0 aliphatic heterocycles. The van der Waals surface area contributed by atoms with E-state index in [0.29, 0.717) is 6.07 Å². The molecule has 0 aromatic heterocycles.